The molecule has 1 heterocycles. The number of urea groups is 1. The van der Waals surface area contributed by atoms with E-state index in [1.54, 1.807) is 4.90 Å². The Labute approximate surface area is 127 Å². The summed E-state index contributed by atoms with van der Waals surface area (Å²) in [6.07, 6.45) is -1.26. The molecule has 0 saturated heterocycles. The fourth-order valence-electron chi connectivity index (χ4n) is 1.65. The number of unbranched alkanes of at least 4 members (excludes halogenated alkanes) is 1. The van der Waals surface area contributed by atoms with Crippen LogP contribution in [0.2, 0.25) is 0 Å². The van der Waals surface area contributed by atoms with Gasteiger partial charge in [-0.05, 0) is 19.4 Å². The molecule has 1 aromatic rings. The lowest BCUT2D eigenvalue weighted by molar-refractivity contribution is -0.154. The SMILES string of the molecule is CCCCN(CC)C(=O)Nc1ccc(OCC(F)(F)F)nc1. The number of halogens is 3. The molecule has 0 aliphatic carbocycles. The summed E-state index contributed by atoms with van der Waals surface area (Å²) in [5.74, 6) is -0.145. The van der Waals surface area contributed by atoms with Crippen molar-refractivity contribution in [3.05, 3.63) is 18.3 Å². The maximum absolute atomic E-state index is 12.0. The highest BCUT2D eigenvalue weighted by molar-refractivity contribution is 5.89. The molecule has 0 radical (unpaired) electrons. The smallest absolute Gasteiger partial charge is 0.422 e. The molecule has 0 aliphatic heterocycles. The third-order valence-electron chi connectivity index (χ3n) is 2.82. The maximum Gasteiger partial charge on any atom is 0.422 e. The number of carbonyl (C=O) groups excluding carboxylic acids is 1. The molecule has 1 aromatic heterocycles. The predicted octanol–water partition coefficient (Wildman–Crippen LogP) is 3.68. The molecular formula is C14H20F3N3O2. The van der Waals surface area contributed by atoms with Crippen molar-refractivity contribution in [1.29, 1.82) is 0 Å². The van der Waals surface area contributed by atoms with Gasteiger partial charge in [0.1, 0.15) is 0 Å². The molecular weight excluding hydrogens is 299 g/mol. The normalized spacial score (nSPS) is 11.1. The van der Waals surface area contributed by atoms with Crippen LogP contribution in [-0.2, 0) is 0 Å². The Balaban J connectivity index is 2.54. The van der Waals surface area contributed by atoms with Gasteiger partial charge in [-0.25, -0.2) is 9.78 Å². The van der Waals surface area contributed by atoms with Gasteiger partial charge in [-0.15, -0.1) is 0 Å². The fourth-order valence-corrected chi connectivity index (χ4v) is 1.65. The topological polar surface area (TPSA) is 54.5 Å². The number of pyridine rings is 1. The van der Waals surface area contributed by atoms with E-state index in [-0.39, 0.29) is 11.9 Å². The van der Waals surface area contributed by atoms with Gasteiger partial charge in [0, 0.05) is 19.2 Å². The van der Waals surface area contributed by atoms with Crippen molar-refractivity contribution in [3.8, 4) is 5.88 Å². The molecule has 0 aliphatic rings. The van der Waals surface area contributed by atoms with Crippen LogP contribution < -0.4 is 10.1 Å². The number of rotatable bonds is 7. The zero-order chi connectivity index (χ0) is 16.6. The monoisotopic (exact) mass is 319 g/mol. The standard InChI is InChI=1S/C14H20F3N3O2/c1-3-5-8-20(4-2)13(21)19-11-6-7-12(18-9-11)22-10-14(15,16)17/h6-7,9H,3-5,8,10H2,1-2H3,(H,19,21). The molecule has 22 heavy (non-hydrogen) atoms. The first-order valence-electron chi connectivity index (χ1n) is 7.07. The molecule has 0 saturated carbocycles. The van der Waals surface area contributed by atoms with Gasteiger partial charge in [-0.1, -0.05) is 13.3 Å². The molecule has 0 aromatic carbocycles. The largest absolute Gasteiger partial charge is 0.468 e. The predicted molar refractivity (Wildman–Crippen MR) is 77.0 cm³/mol. The van der Waals surface area contributed by atoms with E-state index in [2.05, 4.69) is 15.0 Å². The van der Waals surface area contributed by atoms with Gasteiger partial charge in [0.25, 0.3) is 0 Å². The Morgan fingerprint density at radius 1 is 1.36 bits per heavy atom. The van der Waals surface area contributed by atoms with Crippen LogP contribution in [0.3, 0.4) is 0 Å². The van der Waals surface area contributed by atoms with E-state index in [0.717, 1.165) is 12.8 Å². The highest BCUT2D eigenvalue weighted by atomic mass is 19.4. The van der Waals surface area contributed by atoms with Crippen molar-refractivity contribution in [3.63, 3.8) is 0 Å². The molecule has 2 amide bonds. The molecule has 5 nitrogen and oxygen atoms in total. The molecule has 0 unspecified atom stereocenters. The zero-order valence-corrected chi connectivity index (χ0v) is 12.6. The lowest BCUT2D eigenvalue weighted by Gasteiger charge is -2.21. The zero-order valence-electron chi connectivity index (χ0n) is 12.6. The van der Waals surface area contributed by atoms with E-state index in [0.29, 0.717) is 18.8 Å². The molecule has 0 spiro atoms. The summed E-state index contributed by atoms with van der Waals surface area (Å²) in [7, 11) is 0. The highest BCUT2D eigenvalue weighted by Crippen LogP contribution is 2.18. The number of amides is 2. The Morgan fingerprint density at radius 2 is 2.09 bits per heavy atom. The minimum Gasteiger partial charge on any atom is -0.468 e. The Kier molecular flexibility index (Phi) is 6.94. The van der Waals surface area contributed by atoms with Crippen molar-refractivity contribution in [2.24, 2.45) is 0 Å². The number of hydrogen-bond donors (Lipinski definition) is 1. The van der Waals surface area contributed by atoms with E-state index < -0.39 is 12.8 Å². The van der Waals surface area contributed by atoms with Crippen LogP contribution in [0.1, 0.15) is 26.7 Å². The van der Waals surface area contributed by atoms with Gasteiger partial charge in [-0.2, -0.15) is 13.2 Å². The van der Waals surface area contributed by atoms with Gasteiger partial charge >= 0.3 is 12.2 Å². The van der Waals surface area contributed by atoms with Gasteiger partial charge in [0.15, 0.2) is 6.61 Å². The first kappa shape index (κ1) is 18.1. The van der Waals surface area contributed by atoms with E-state index in [1.807, 2.05) is 13.8 Å². The summed E-state index contributed by atoms with van der Waals surface area (Å²) in [5.41, 5.74) is 0.402. The van der Waals surface area contributed by atoms with Crippen LogP contribution in [0.5, 0.6) is 5.88 Å². The molecule has 0 atom stereocenters. The summed E-state index contributed by atoms with van der Waals surface area (Å²) >= 11 is 0. The lowest BCUT2D eigenvalue weighted by Crippen LogP contribution is -2.35. The van der Waals surface area contributed by atoms with Crippen LogP contribution in [0.15, 0.2) is 18.3 Å². The first-order chi connectivity index (χ1) is 10.4. The number of alkyl halides is 3. The van der Waals surface area contributed by atoms with Gasteiger partial charge in [-0.3, -0.25) is 0 Å². The van der Waals surface area contributed by atoms with E-state index in [1.165, 1.54) is 18.3 Å². The van der Waals surface area contributed by atoms with Gasteiger partial charge < -0.3 is 15.0 Å². The first-order valence-corrected chi connectivity index (χ1v) is 7.07. The number of nitrogens with one attached hydrogen (secondary N) is 1. The van der Waals surface area contributed by atoms with Crippen LogP contribution in [0.4, 0.5) is 23.7 Å². The summed E-state index contributed by atoms with van der Waals surface area (Å²) < 4.78 is 40.5. The number of hydrogen-bond acceptors (Lipinski definition) is 3. The average Bonchev–Trinajstić information content (AvgIpc) is 2.46. The lowest BCUT2D eigenvalue weighted by atomic mass is 10.3. The molecule has 124 valence electrons. The van der Waals surface area contributed by atoms with Crippen molar-refractivity contribution in [2.45, 2.75) is 32.9 Å². The van der Waals surface area contributed by atoms with Crippen LogP contribution in [0, 0.1) is 0 Å². The van der Waals surface area contributed by atoms with Crippen LogP contribution in [0.25, 0.3) is 0 Å². The number of aromatic nitrogens is 1. The second-order valence-electron chi connectivity index (χ2n) is 4.65. The van der Waals surface area contributed by atoms with E-state index in [4.69, 9.17) is 0 Å². The summed E-state index contributed by atoms with van der Waals surface area (Å²) in [5, 5.41) is 2.65. The van der Waals surface area contributed by atoms with Crippen molar-refractivity contribution >= 4 is 11.7 Å². The van der Waals surface area contributed by atoms with E-state index >= 15 is 0 Å². The highest BCUT2D eigenvalue weighted by Gasteiger charge is 2.28. The second-order valence-corrected chi connectivity index (χ2v) is 4.65. The molecule has 0 bridgehead atoms. The quantitative estimate of drug-likeness (QED) is 0.834. The Bertz CT molecular complexity index is 463. The third-order valence-corrected chi connectivity index (χ3v) is 2.82. The number of anilines is 1. The van der Waals surface area contributed by atoms with Crippen LogP contribution >= 0.6 is 0 Å². The Hall–Kier alpha value is -1.99. The summed E-state index contributed by atoms with van der Waals surface area (Å²) in [6.45, 7) is 3.74. The number of ether oxygens (including phenoxy) is 1. The maximum atomic E-state index is 12.0. The summed E-state index contributed by atoms with van der Waals surface area (Å²) in [4.78, 5) is 17.4. The van der Waals surface area contributed by atoms with Crippen molar-refractivity contribution < 1.29 is 22.7 Å². The molecule has 8 heteroatoms. The molecule has 0 fully saturated rings. The number of carbonyl (C=O) groups is 1. The molecule has 1 rings (SSSR count). The Morgan fingerprint density at radius 3 is 2.59 bits per heavy atom. The van der Waals surface area contributed by atoms with Crippen molar-refractivity contribution in [1.82, 2.24) is 9.88 Å². The van der Waals surface area contributed by atoms with Crippen molar-refractivity contribution in [2.75, 3.05) is 25.0 Å². The van der Waals surface area contributed by atoms with Crippen LogP contribution in [-0.4, -0.2) is 41.8 Å². The number of nitrogens with zero attached hydrogens (tertiary/aromatic N) is 2. The van der Waals surface area contributed by atoms with Gasteiger partial charge in [0.2, 0.25) is 5.88 Å². The third kappa shape index (κ3) is 6.64. The molecule has 1 N–H and O–H groups in total. The average molecular weight is 319 g/mol. The fraction of sp³-hybridized carbons (Fsp3) is 0.571. The van der Waals surface area contributed by atoms with E-state index in [9.17, 15) is 18.0 Å². The minimum absolute atomic E-state index is 0.145. The second kappa shape index (κ2) is 8.45. The summed E-state index contributed by atoms with van der Waals surface area (Å²) in [6, 6.07) is 2.47. The minimum atomic E-state index is -4.41. The van der Waals surface area contributed by atoms with Gasteiger partial charge in [0.05, 0.1) is 11.9 Å².